The van der Waals surface area contributed by atoms with Crippen LogP contribution in [0.2, 0.25) is 0 Å². The number of aliphatic hydroxyl groups is 3. The van der Waals surface area contributed by atoms with E-state index in [1.54, 1.807) is 0 Å². The molecule has 0 aromatic rings. The van der Waals surface area contributed by atoms with Gasteiger partial charge in [0.1, 0.15) is 0 Å². The number of allylic oxidation sites excluding steroid dienone is 4. The lowest BCUT2D eigenvalue weighted by Crippen LogP contribution is -2.39. The van der Waals surface area contributed by atoms with Crippen molar-refractivity contribution in [3.05, 3.63) is 24.3 Å². The van der Waals surface area contributed by atoms with Crippen molar-refractivity contribution in [3.63, 3.8) is 0 Å². The van der Waals surface area contributed by atoms with Gasteiger partial charge in [-0.3, -0.25) is 4.90 Å². The van der Waals surface area contributed by atoms with Crippen molar-refractivity contribution in [2.75, 3.05) is 26.2 Å². The van der Waals surface area contributed by atoms with Crippen molar-refractivity contribution in [2.24, 2.45) is 0 Å². The predicted molar refractivity (Wildman–Crippen MR) is 102 cm³/mol. The first-order chi connectivity index (χ1) is 11.6. The van der Waals surface area contributed by atoms with Crippen LogP contribution in [-0.4, -0.2) is 58.7 Å². The number of unbranched alkanes of at least 4 members (excludes halogenated alkanes) is 4. The Labute approximate surface area is 148 Å². The normalized spacial score (nSPS) is 14.9. The molecular weight excluding hydrogens is 302 g/mol. The molecule has 0 aliphatic carbocycles. The van der Waals surface area contributed by atoms with Crippen molar-refractivity contribution >= 4 is 0 Å². The van der Waals surface area contributed by atoms with Gasteiger partial charge in [-0.05, 0) is 52.4 Å². The maximum atomic E-state index is 10.2. The summed E-state index contributed by atoms with van der Waals surface area (Å²) in [6.07, 6.45) is 15.5. The minimum Gasteiger partial charge on any atom is -0.395 e. The van der Waals surface area contributed by atoms with Crippen LogP contribution in [0.25, 0.3) is 0 Å². The van der Waals surface area contributed by atoms with Gasteiger partial charge in [-0.2, -0.15) is 0 Å². The van der Waals surface area contributed by atoms with Gasteiger partial charge >= 0.3 is 0 Å². The molecule has 2 unspecified atom stereocenters. The van der Waals surface area contributed by atoms with E-state index in [4.69, 9.17) is 0 Å². The summed E-state index contributed by atoms with van der Waals surface area (Å²) in [5.41, 5.74) is 0. The Bertz CT molecular complexity index is 290. The van der Waals surface area contributed by atoms with Gasteiger partial charge in [0.15, 0.2) is 0 Å². The zero-order valence-electron chi connectivity index (χ0n) is 15.7. The SMILES string of the molecule is C/C=C/CCCCC(O)CN(CCO)CC(O)CCCC/C=C/C. The van der Waals surface area contributed by atoms with Gasteiger partial charge in [0, 0.05) is 19.6 Å². The molecule has 142 valence electrons. The lowest BCUT2D eigenvalue weighted by atomic mass is 10.1. The van der Waals surface area contributed by atoms with Crippen LogP contribution >= 0.6 is 0 Å². The largest absolute Gasteiger partial charge is 0.395 e. The fourth-order valence-corrected chi connectivity index (χ4v) is 2.79. The molecule has 0 heterocycles. The molecule has 3 N–H and O–H groups in total. The second kappa shape index (κ2) is 17.2. The number of hydrogen-bond acceptors (Lipinski definition) is 4. The highest BCUT2D eigenvalue weighted by Crippen LogP contribution is 2.09. The highest BCUT2D eigenvalue weighted by atomic mass is 16.3. The third-order valence-corrected chi connectivity index (χ3v) is 4.14. The van der Waals surface area contributed by atoms with Crippen molar-refractivity contribution in [1.82, 2.24) is 4.90 Å². The van der Waals surface area contributed by atoms with Crippen LogP contribution in [0.15, 0.2) is 24.3 Å². The molecule has 0 aliphatic rings. The van der Waals surface area contributed by atoms with Crippen LogP contribution in [0.3, 0.4) is 0 Å². The number of aliphatic hydroxyl groups excluding tert-OH is 3. The van der Waals surface area contributed by atoms with Crippen LogP contribution in [-0.2, 0) is 0 Å². The predicted octanol–water partition coefficient (Wildman–Crippen LogP) is 3.28. The Morgan fingerprint density at radius 1 is 0.792 bits per heavy atom. The number of nitrogens with zero attached hydrogens (tertiary/aromatic N) is 1. The Kier molecular flexibility index (Phi) is 16.7. The Morgan fingerprint density at radius 3 is 1.62 bits per heavy atom. The van der Waals surface area contributed by atoms with E-state index in [2.05, 4.69) is 24.3 Å². The van der Waals surface area contributed by atoms with E-state index in [0.717, 1.165) is 51.4 Å². The molecule has 0 bridgehead atoms. The molecule has 4 heteroatoms. The molecule has 0 saturated carbocycles. The molecule has 0 rings (SSSR count). The molecule has 0 radical (unpaired) electrons. The van der Waals surface area contributed by atoms with E-state index in [1.807, 2.05) is 18.7 Å². The molecule has 0 aromatic carbocycles. The summed E-state index contributed by atoms with van der Waals surface area (Å²) in [7, 11) is 0. The summed E-state index contributed by atoms with van der Waals surface area (Å²) in [6.45, 7) is 5.66. The van der Waals surface area contributed by atoms with Crippen LogP contribution < -0.4 is 0 Å². The molecule has 0 aliphatic heterocycles. The van der Waals surface area contributed by atoms with Crippen molar-refractivity contribution < 1.29 is 15.3 Å². The molecular formula is C20H39NO3. The van der Waals surface area contributed by atoms with E-state index in [-0.39, 0.29) is 18.8 Å². The van der Waals surface area contributed by atoms with Crippen LogP contribution in [0.5, 0.6) is 0 Å². The van der Waals surface area contributed by atoms with Crippen LogP contribution in [0.1, 0.15) is 65.2 Å². The molecule has 4 nitrogen and oxygen atoms in total. The summed E-state index contributed by atoms with van der Waals surface area (Å²) in [6, 6.07) is 0. The van der Waals surface area contributed by atoms with E-state index in [0.29, 0.717) is 19.6 Å². The average Bonchev–Trinajstić information content (AvgIpc) is 2.54. The second-order valence-corrected chi connectivity index (χ2v) is 6.50. The number of rotatable bonds is 16. The van der Waals surface area contributed by atoms with Gasteiger partial charge in [-0.25, -0.2) is 0 Å². The number of hydrogen-bond donors (Lipinski definition) is 3. The van der Waals surface area contributed by atoms with Gasteiger partial charge in [-0.1, -0.05) is 37.1 Å². The van der Waals surface area contributed by atoms with Gasteiger partial charge < -0.3 is 15.3 Å². The van der Waals surface area contributed by atoms with Gasteiger partial charge in [0.2, 0.25) is 0 Å². The smallest absolute Gasteiger partial charge is 0.0667 e. The molecule has 0 amide bonds. The monoisotopic (exact) mass is 341 g/mol. The minimum atomic E-state index is -0.385. The molecule has 0 spiro atoms. The molecule has 0 fully saturated rings. The highest BCUT2D eigenvalue weighted by Gasteiger charge is 2.15. The zero-order valence-corrected chi connectivity index (χ0v) is 15.7. The molecule has 24 heavy (non-hydrogen) atoms. The van der Waals surface area contributed by atoms with Crippen LogP contribution in [0, 0.1) is 0 Å². The third kappa shape index (κ3) is 14.9. The van der Waals surface area contributed by atoms with E-state index in [1.165, 1.54) is 0 Å². The minimum absolute atomic E-state index is 0.0576. The quantitative estimate of drug-likeness (QED) is 0.298. The van der Waals surface area contributed by atoms with E-state index in [9.17, 15) is 15.3 Å². The Hall–Kier alpha value is -0.680. The standard InChI is InChI=1S/C20H39NO3/c1-3-5-7-9-11-13-19(23)17-21(15-16-22)18-20(24)14-12-10-8-6-4-2/h3-6,19-20,22-24H,7-18H2,1-2H3/b5-3+,6-4+. The lowest BCUT2D eigenvalue weighted by Gasteiger charge is -2.26. The summed E-state index contributed by atoms with van der Waals surface area (Å²) in [5.74, 6) is 0. The van der Waals surface area contributed by atoms with Crippen molar-refractivity contribution in [3.8, 4) is 0 Å². The zero-order chi connectivity index (χ0) is 18.0. The lowest BCUT2D eigenvalue weighted by molar-refractivity contribution is 0.0521. The molecule has 0 aromatic heterocycles. The topological polar surface area (TPSA) is 63.9 Å². The summed E-state index contributed by atoms with van der Waals surface area (Å²) in [4.78, 5) is 1.98. The Morgan fingerprint density at radius 2 is 1.25 bits per heavy atom. The summed E-state index contributed by atoms with van der Waals surface area (Å²) >= 11 is 0. The van der Waals surface area contributed by atoms with Crippen molar-refractivity contribution in [2.45, 2.75) is 77.4 Å². The van der Waals surface area contributed by atoms with Gasteiger partial charge in [0.05, 0.1) is 18.8 Å². The van der Waals surface area contributed by atoms with E-state index >= 15 is 0 Å². The van der Waals surface area contributed by atoms with E-state index < -0.39 is 0 Å². The molecule has 2 atom stereocenters. The second-order valence-electron chi connectivity index (χ2n) is 6.50. The first-order valence-electron chi connectivity index (χ1n) is 9.55. The Balaban J connectivity index is 3.95. The fraction of sp³-hybridized carbons (Fsp3) is 0.800. The first-order valence-corrected chi connectivity index (χ1v) is 9.55. The van der Waals surface area contributed by atoms with Gasteiger partial charge in [0.25, 0.3) is 0 Å². The maximum absolute atomic E-state index is 10.2. The van der Waals surface area contributed by atoms with Gasteiger partial charge in [-0.15, -0.1) is 0 Å². The third-order valence-electron chi connectivity index (χ3n) is 4.14. The fourth-order valence-electron chi connectivity index (χ4n) is 2.79. The average molecular weight is 342 g/mol. The summed E-state index contributed by atoms with van der Waals surface area (Å²) < 4.78 is 0. The van der Waals surface area contributed by atoms with Crippen LogP contribution in [0.4, 0.5) is 0 Å². The highest BCUT2D eigenvalue weighted by molar-refractivity contribution is 4.77. The van der Waals surface area contributed by atoms with Crippen molar-refractivity contribution in [1.29, 1.82) is 0 Å². The first kappa shape index (κ1) is 23.3. The maximum Gasteiger partial charge on any atom is 0.0667 e. The summed E-state index contributed by atoms with van der Waals surface area (Å²) in [5, 5.41) is 29.5. The molecule has 0 saturated heterocycles.